The van der Waals surface area contributed by atoms with Crippen LogP contribution in [0.4, 0.5) is 5.69 Å². The fourth-order valence-electron chi connectivity index (χ4n) is 3.94. The van der Waals surface area contributed by atoms with Crippen molar-refractivity contribution in [1.82, 2.24) is 20.2 Å². The quantitative estimate of drug-likeness (QED) is 0.703. The SMILES string of the molecule is CC(C)[C@H](c1nnnn1Cc1ccccc1)N1CCCc2ccccc21. The van der Waals surface area contributed by atoms with Gasteiger partial charge in [0.25, 0.3) is 0 Å². The lowest BCUT2D eigenvalue weighted by Gasteiger charge is -2.39. The van der Waals surface area contributed by atoms with Gasteiger partial charge >= 0.3 is 0 Å². The molecule has 0 saturated carbocycles. The molecule has 26 heavy (non-hydrogen) atoms. The molecule has 0 amide bonds. The molecule has 0 bridgehead atoms. The minimum absolute atomic E-state index is 0.162. The second-order valence-electron chi connectivity index (χ2n) is 7.29. The molecule has 2 heterocycles. The average Bonchev–Trinajstić information content (AvgIpc) is 3.10. The molecule has 1 aliphatic heterocycles. The van der Waals surface area contributed by atoms with E-state index in [0.29, 0.717) is 12.5 Å². The topological polar surface area (TPSA) is 46.8 Å². The lowest BCUT2D eigenvalue weighted by molar-refractivity contribution is 0.418. The first kappa shape index (κ1) is 16.8. The van der Waals surface area contributed by atoms with E-state index in [1.165, 1.54) is 23.2 Å². The van der Waals surface area contributed by atoms with E-state index in [0.717, 1.165) is 18.8 Å². The fraction of sp³-hybridized carbons (Fsp3) is 0.381. The van der Waals surface area contributed by atoms with Gasteiger partial charge in [-0.3, -0.25) is 0 Å². The Morgan fingerprint density at radius 2 is 1.77 bits per heavy atom. The van der Waals surface area contributed by atoms with Gasteiger partial charge in [-0.25, -0.2) is 4.68 Å². The van der Waals surface area contributed by atoms with E-state index in [1.807, 2.05) is 10.7 Å². The van der Waals surface area contributed by atoms with Crippen LogP contribution in [0.15, 0.2) is 54.6 Å². The Labute approximate surface area is 154 Å². The predicted molar refractivity (Wildman–Crippen MR) is 103 cm³/mol. The van der Waals surface area contributed by atoms with E-state index in [1.54, 1.807) is 0 Å². The Balaban J connectivity index is 1.70. The highest BCUT2D eigenvalue weighted by Crippen LogP contribution is 2.37. The molecule has 0 radical (unpaired) electrons. The Kier molecular flexibility index (Phi) is 4.69. The lowest BCUT2D eigenvalue weighted by atomic mass is 9.95. The molecule has 3 aromatic rings. The van der Waals surface area contributed by atoms with Crippen LogP contribution in [0.3, 0.4) is 0 Å². The van der Waals surface area contributed by atoms with Gasteiger partial charge < -0.3 is 4.90 Å². The molecule has 0 fully saturated rings. The van der Waals surface area contributed by atoms with Crippen LogP contribution in [-0.2, 0) is 13.0 Å². The zero-order valence-electron chi connectivity index (χ0n) is 15.4. The van der Waals surface area contributed by atoms with Gasteiger partial charge in [-0.2, -0.15) is 0 Å². The van der Waals surface area contributed by atoms with Gasteiger partial charge in [0.15, 0.2) is 5.82 Å². The maximum atomic E-state index is 4.44. The summed E-state index contributed by atoms with van der Waals surface area (Å²) in [6.45, 7) is 6.24. The molecular weight excluding hydrogens is 322 g/mol. The van der Waals surface area contributed by atoms with Gasteiger partial charge in [0.2, 0.25) is 0 Å². The minimum Gasteiger partial charge on any atom is -0.361 e. The monoisotopic (exact) mass is 347 g/mol. The summed E-state index contributed by atoms with van der Waals surface area (Å²) in [4.78, 5) is 2.50. The molecule has 5 heteroatoms. The maximum absolute atomic E-state index is 4.44. The number of nitrogens with zero attached hydrogens (tertiary/aromatic N) is 5. The molecule has 0 saturated heterocycles. The first-order valence-corrected chi connectivity index (χ1v) is 9.38. The zero-order chi connectivity index (χ0) is 17.9. The summed E-state index contributed by atoms with van der Waals surface area (Å²) in [5.74, 6) is 1.35. The normalized spacial score (nSPS) is 15.1. The standard InChI is InChI=1S/C21H25N5/c1-16(2)20(25-14-8-12-18-11-6-7-13-19(18)25)21-22-23-24-26(21)15-17-9-4-3-5-10-17/h3-7,9-11,13,16,20H,8,12,14-15H2,1-2H3/t20-/m1/s1. The van der Waals surface area contributed by atoms with Crippen molar-refractivity contribution in [2.45, 2.75) is 39.3 Å². The van der Waals surface area contributed by atoms with Crippen LogP contribution in [0.2, 0.25) is 0 Å². The predicted octanol–water partition coefficient (Wildman–Crippen LogP) is 3.87. The number of tetrazole rings is 1. The number of anilines is 1. The van der Waals surface area contributed by atoms with Crippen LogP contribution in [0.25, 0.3) is 0 Å². The Morgan fingerprint density at radius 3 is 2.58 bits per heavy atom. The van der Waals surface area contributed by atoms with Crippen molar-refractivity contribution in [2.24, 2.45) is 5.92 Å². The van der Waals surface area contributed by atoms with E-state index < -0.39 is 0 Å². The summed E-state index contributed by atoms with van der Waals surface area (Å²) < 4.78 is 1.96. The molecule has 0 spiro atoms. The third-order valence-electron chi connectivity index (χ3n) is 5.11. The highest BCUT2D eigenvalue weighted by molar-refractivity contribution is 5.56. The van der Waals surface area contributed by atoms with Gasteiger partial charge in [-0.1, -0.05) is 62.4 Å². The molecule has 1 aliphatic rings. The largest absolute Gasteiger partial charge is 0.361 e. The molecular formula is C21H25N5. The average molecular weight is 347 g/mol. The van der Waals surface area contributed by atoms with Crippen LogP contribution < -0.4 is 4.90 Å². The Morgan fingerprint density at radius 1 is 1.00 bits per heavy atom. The minimum atomic E-state index is 0.162. The van der Waals surface area contributed by atoms with Gasteiger partial charge in [0.05, 0.1) is 12.6 Å². The van der Waals surface area contributed by atoms with Crippen LogP contribution >= 0.6 is 0 Å². The lowest BCUT2D eigenvalue weighted by Crippen LogP contribution is -2.38. The zero-order valence-corrected chi connectivity index (χ0v) is 15.4. The number of aryl methyl sites for hydroxylation is 1. The second-order valence-corrected chi connectivity index (χ2v) is 7.29. The number of para-hydroxylation sites is 1. The number of hydrogen-bond donors (Lipinski definition) is 0. The van der Waals surface area contributed by atoms with Gasteiger partial charge in [0.1, 0.15) is 0 Å². The van der Waals surface area contributed by atoms with E-state index in [9.17, 15) is 0 Å². The number of fused-ring (bicyclic) bond motifs is 1. The molecule has 0 N–H and O–H groups in total. The van der Waals surface area contributed by atoms with Crippen LogP contribution in [0.5, 0.6) is 0 Å². The van der Waals surface area contributed by atoms with Gasteiger partial charge in [-0.15, -0.1) is 5.10 Å². The Hall–Kier alpha value is -2.69. The molecule has 1 aromatic heterocycles. The van der Waals surface area contributed by atoms with Crippen molar-refractivity contribution in [1.29, 1.82) is 0 Å². The van der Waals surface area contributed by atoms with Crippen molar-refractivity contribution >= 4 is 5.69 Å². The van der Waals surface area contributed by atoms with Gasteiger partial charge in [0, 0.05) is 12.2 Å². The van der Waals surface area contributed by atoms with Crippen molar-refractivity contribution in [3.05, 3.63) is 71.5 Å². The van der Waals surface area contributed by atoms with E-state index in [4.69, 9.17) is 0 Å². The fourth-order valence-corrected chi connectivity index (χ4v) is 3.94. The maximum Gasteiger partial charge on any atom is 0.174 e. The third-order valence-corrected chi connectivity index (χ3v) is 5.11. The Bertz CT molecular complexity index is 856. The number of benzene rings is 2. The number of hydrogen-bond acceptors (Lipinski definition) is 4. The molecule has 134 valence electrons. The molecule has 0 aliphatic carbocycles. The molecule has 4 rings (SSSR count). The summed E-state index contributed by atoms with van der Waals surface area (Å²) in [6, 6.07) is 19.3. The molecule has 2 aromatic carbocycles. The first-order valence-electron chi connectivity index (χ1n) is 9.38. The molecule has 5 nitrogen and oxygen atoms in total. The molecule has 1 atom stereocenters. The van der Waals surface area contributed by atoms with Crippen LogP contribution in [-0.4, -0.2) is 26.8 Å². The summed E-state index contributed by atoms with van der Waals surface area (Å²) in [6.07, 6.45) is 2.31. The van der Waals surface area contributed by atoms with Crippen LogP contribution in [0.1, 0.15) is 43.3 Å². The first-order chi connectivity index (χ1) is 12.7. The van der Waals surface area contributed by atoms with Crippen molar-refractivity contribution < 1.29 is 0 Å². The number of aromatic nitrogens is 4. The van der Waals surface area contributed by atoms with Crippen molar-refractivity contribution in [2.75, 3.05) is 11.4 Å². The second kappa shape index (κ2) is 7.28. The summed E-state index contributed by atoms with van der Waals surface area (Å²) in [7, 11) is 0. The smallest absolute Gasteiger partial charge is 0.174 e. The highest BCUT2D eigenvalue weighted by atomic mass is 15.5. The highest BCUT2D eigenvalue weighted by Gasteiger charge is 2.31. The van der Waals surface area contributed by atoms with E-state index in [2.05, 4.69) is 82.8 Å². The van der Waals surface area contributed by atoms with Gasteiger partial charge in [-0.05, 0) is 46.4 Å². The third kappa shape index (κ3) is 3.21. The van der Waals surface area contributed by atoms with E-state index in [-0.39, 0.29) is 6.04 Å². The summed E-state index contributed by atoms with van der Waals surface area (Å²) in [5, 5.41) is 12.7. The van der Waals surface area contributed by atoms with E-state index >= 15 is 0 Å². The molecule has 0 unspecified atom stereocenters. The van der Waals surface area contributed by atoms with Crippen molar-refractivity contribution in [3.63, 3.8) is 0 Å². The van der Waals surface area contributed by atoms with Crippen molar-refractivity contribution in [3.8, 4) is 0 Å². The summed E-state index contributed by atoms with van der Waals surface area (Å²) >= 11 is 0. The number of rotatable bonds is 5. The van der Waals surface area contributed by atoms with Crippen LogP contribution in [0, 0.1) is 5.92 Å². The summed E-state index contributed by atoms with van der Waals surface area (Å²) in [5.41, 5.74) is 3.96.